The predicted octanol–water partition coefficient (Wildman–Crippen LogP) is 1.90. The quantitative estimate of drug-likeness (QED) is 0.890. The number of halogens is 1. The molecule has 2 atom stereocenters. The first kappa shape index (κ1) is 11.9. The molecular weight excluding hydrogens is 233 g/mol. The van der Waals surface area contributed by atoms with Crippen LogP contribution in [0.1, 0.15) is 18.4 Å². The van der Waals surface area contributed by atoms with Crippen LogP contribution >= 0.6 is 0 Å². The van der Waals surface area contributed by atoms with Crippen LogP contribution in [0.4, 0.5) is 4.39 Å². The summed E-state index contributed by atoms with van der Waals surface area (Å²) in [5, 5.41) is 3.32. The van der Waals surface area contributed by atoms with Crippen LogP contribution in [0.5, 0.6) is 5.75 Å². The third kappa shape index (κ3) is 2.65. The van der Waals surface area contributed by atoms with Gasteiger partial charge in [0.05, 0.1) is 12.7 Å². The van der Waals surface area contributed by atoms with Gasteiger partial charge >= 0.3 is 0 Å². The van der Waals surface area contributed by atoms with Gasteiger partial charge in [-0.15, -0.1) is 0 Å². The molecule has 0 radical (unpaired) electrons. The van der Waals surface area contributed by atoms with Gasteiger partial charge in [0.15, 0.2) is 0 Å². The molecule has 2 heterocycles. The summed E-state index contributed by atoms with van der Waals surface area (Å²) in [6.07, 6.45) is 3.35. The summed E-state index contributed by atoms with van der Waals surface area (Å²) >= 11 is 0. The number of hydrogen-bond acceptors (Lipinski definition) is 3. The lowest BCUT2D eigenvalue weighted by Crippen LogP contribution is -2.37. The third-order valence-electron chi connectivity index (χ3n) is 3.53. The van der Waals surface area contributed by atoms with Crippen molar-refractivity contribution in [1.82, 2.24) is 5.32 Å². The summed E-state index contributed by atoms with van der Waals surface area (Å²) in [5.41, 5.74) is 0.949. The van der Waals surface area contributed by atoms with Gasteiger partial charge in [-0.1, -0.05) is 0 Å². The molecule has 1 aromatic rings. The van der Waals surface area contributed by atoms with Gasteiger partial charge in [0, 0.05) is 18.5 Å². The van der Waals surface area contributed by atoms with Crippen molar-refractivity contribution < 1.29 is 13.9 Å². The molecule has 18 heavy (non-hydrogen) atoms. The lowest BCUT2D eigenvalue weighted by Gasteiger charge is -2.24. The van der Waals surface area contributed by atoms with Gasteiger partial charge in [0.2, 0.25) is 0 Å². The van der Waals surface area contributed by atoms with Gasteiger partial charge in [-0.2, -0.15) is 0 Å². The SMILES string of the molecule is Fc1ccc2c(c1)CC(CO[C@H]1CCCNC1)O2. The maximum absolute atomic E-state index is 13.1. The van der Waals surface area contributed by atoms with Crippen molar-refractivity contribution in [3.05, 3.63) is 29.6 Å². The summed E-state index contributed by atoms with van der Waals surface area (Å²) in [5.74, 6) is 0.599. The van der Waals surface area contributed by atoms with Gasteiger partial charge < -0.3 is 14.8 Å². The molecular formula is C14H18FNO2. The molecule has 98 valence electrons. The summed E-state index contributed by atoms with van der Waals surface area (Å²) < 4.78 is 24.7. The van der Waals surface area contributed by atoms with E-state index in [0.29, 0.717) is 12.7 Å². The highest BCUT2D eigenvalue weighted by molar-refractivity contribution is 5.37. The Labute approximate surface area is 106 Å². The number of nitrogens with one attached hydrogen (secondary N) is 1. The number of piperidine rings is 1. The van der Waals surface area contributed by atoms with E-state index in [2.05, 4.69) is 5.32 Å². The Balaban J connectivity index is 1.51. The van der Waals surface area contributed by atoms with Crippen molar-refractivity contribution in [2.45, 2.75) is 31.5 Å². The van der Waals surface area contributed by atoms with E-state index in [1.54, 1.807) is 12.1 Å². The maximum atomic E-state index is 13.1. The van der Waals surface area contributed by atoms with Crippen molar-refractivity contribution in [3.8, 4) is 5.75 Å². The molecule has 2 aliphatic heterocycles. The molecule has 1 N–H and O–H groups in total. The Hall–Kier alpha value is -1.13. The minimum Gasteiger partial charge on any atom is -0.487 e. The first-order valence-electron chi connectivity index (χ1n) is 6.58. The third-order valence-corrected chi connectivity index (χ3v) is 3.53. The number of ether oxygens (including phenoxy) is 2. The first-order chi connectivity index (χ1) is 8.81. The van der Waals surface area contributed by atoms with Crippen LogP contribution in [0.25, 0.3) is 0 Å². The predicted molar refractivity (Wildman–Crippen MR) is 66.4 cm³/mol. The van der Waals surface area contributed by atoms with Crippen molar-refractivity contribution in [2.24, 2.45) is 0 Å². The number of benzene rings is 1. The lowest BCUT2D eigenvalue weighted by molar-refractivity contribution is -0.00365. The summed E-state index contributed by atoms with van der Waals surface area (Å²) in [6, 6.07) is 4.69. The zero-order valence-corrected chi connectivity index (χ0v) is 10.3. The van der Waals surface area contributed by atoms with E-state index < -0.39 is 0 Å². The summed E-state index contributed by atoms with van der Waals surface area (Å²) in [6.45, 7) is 2.60. The second kappa shape index (κ2) is 5.24. The molecule has 0 bridgehead atoms. The van der Waals surface area contributed by atoms with Gasteiger partial charge in [0.1, 0.15) is 17.7 Å². The van der Waals surface area contributed by atoms with Crippen LogP contribution in [0.15, 0.2) is 18.2 Å². The number of rotatable bonds is 3. The standard InChI is InChI=1S/C14H18FNO2/c15-11-3-4-14-10(6-11)7-13(18-14)9-17-12-2-1-5-16-8-12/h3-4,6,12-13,16H,1-2,5,7-9H2/t12-,13?/m0/s1. The Morgan fingerprint density at radius 1 is 1.44 bits per heavy atom. The minimum absolute atomic E-state index is 0.0312. The monoisotopic (exact) mass is 251 g/mol. The minimum atomic E-state index is -0.199. The Morgan fingerprint density at radius 3 is 3.22 bits per heavy atom. The van der Waals surface area contributed by atoms with Crippen molar-refractivity contribution in [2.75, 3.05) is 19.7 Å². The molecule has 4 heteroatoms. The molecule has 2 aliphatic rings. The highest BCUT2D eigenvalue weighted by atomic mass is 19.1. The second-order valence-electron chi connectivity index (χ2n) is 5.00. The molecule has 0 spiro atoms. The molecule has 0 amide bonds. The molecule has 1 saturated heterocycles. The maximum Gasteiger partial charge on any atom is 0.126 e. The van der Waals surface area contributed by atoms with Crippen LogP contribution in [0.2, 0.25) is 0 Å². The Bertz CT molecular complexity index is 418. The van der Waals surface area contributed by atoms with Crippen molar-refractivity contribution in [1.29, 1.82) is 0 Å². The van der Waals surface area contributed by atoms with E-state index in [4.69, 9.17) is 9.47 Å². The average molecular weight is 251 g/mol. The van der Waals surface area contributed by atoms with Crippen LogP contribution in [0, 0.1) is 5.82 Å². The fourth-order valence-electron chi connectivity index (χ4n) is 2.59. The summed E-state index contributed by atoms with van der Waals surface area (Å²) in [7, 11) is 0. The molecule has 0 aromatic heterocycles. The molecule has 0 saturated carbocycles. The van der Waals surface area contributed by atoms with E-state index in [1.165, 1.54) is 12.5 Å². The highest BCUT2D eigenvalue weighted by Gasteiger charge is 2.25. The van der Waals surface area contributed by atoms with Crippen molar-refractivity contribution in [3.63, 3.8) is 0 Å². The number of fused-ring (bicyclic) bond motifs is 1. The normalized spacial score (nSPS) is 26.7. The topological polar surface area (TPSA) is 30.5 Å². The average Bonchev–Trinajstić information content (AvgIpc) is 2.79. The highest BCUT2D eigenvalue weighted by Crippen LogP contribution is 2.29. The van der Waals surface area contributed by atoms with Crippen LogP contribution in [-0.4, -0.2) is 31.9 Å². The van der Waals surface area contributed by atoms with Crippen LogP contribution in [0.3, 0.4) is 0 Å². The molecule has 3 rings (SSSR count). The number of hydrogen-bond donors (Lipinski definition) is 1. The second-order valence-corrected chi connectivity index (χ2v) is 5.00. The van der Waals surface area contributed by atoms with Gasteiger partial charge in [-0.3, -0.25) is 0 Å². The van der Waals surface area contributed by atoms with E-state index >= 15 is 0 Å². The Kier molecular flexibility index (Phi) is 3.48. The molecule has 3 nitrogen and oxygen atoms in total. The van der Waals surface area contributed by atoms with Gasteiger partial charge in [-0.05, 0) is 37.6 Å². The zero-order valence-electron chi connectivity index (χ0n) is 10.3. The van der Waals surface area contributed by atoms with Crippen molar-refractivity contribution >= 4 is 0 Å². The fraction of sp³-hybridized carbons (Fsp3) is 0.571. The lowest BCUT2D eigenvalue weighted by atomic mass is 10.1. The largest absolute Gasteiger partial charge is 0.487 e. The van der Waals surface area contributed by atoms with E-state index in [0.717, 1.165) is 37.2 Å². The zero-order chi connectivity index (χ0) is 12.4. The molecule has 1 fully saturated rings. The van der Waals surface area contributed by atoms with Crippen LogP contribution < -0.4 is 10.1 Å². The van der Waals surface area contributed by atoms with Gasteiger partial charge in [-0.25, -0.2) is 4.39 Å². The van der Waals surface area contributed by atoms with Gasteiger partial charge in [0.25, 0.3) is 0 Å². The van der Waals surface area contributed by atoms with E-state index in [1.807, 2.05) is 0 Å². The van der Waals surface area contributed by atoms with Crippen LogP contribution in [-0.2, 0) is 11.2 Å². The molecule has 1 aromatic carbocycles. The molecule has 1 unspecified atom stereocenters. The van der Waals surface area contributed by atoms with E-state index in [9.17, 15) is 4.39 Å². The fourth-order valence-corrected chi connectivity index (χ4v) is 2.59. The summed E-state index contributed by atoms with van der Waals surface area (Å²) in [4.78, 5) is 0. The smallest absolute Gasteiger partial charge is 0.126 e. The van der Waals surface area contributed by atoms with E-state index in [-0.39, 0.29) is 11.9 Å². The Morgan fingerprint density at radius 2 is 2.39 bits per heavy atom. The first-order valence-corrected chi connectivity index (χ1v) is 6.58. The molecule has 0 aliphatic carbocycles.